The molecule has 0 aromatic carbocycles. The van der Waals surface area contributed by atoms with E-state index >= 15 is 0 Å². The molecule has 0 atom stereocenters. The third-order valence-electron chi connectivity index (χ3n) is 7.35. The number of carbonyl (C=O) groups is 2. The predicted molar refractivity (Wildman–Crippen MR) is 133 cm³/mol. The SMILES string of the molecule is CC(C)(CO)CNC(=O)Cc1cn2c(C(=O)NCC3(N4CCOCC4)CCCCC3)cccc2n1. The molecule has 2 aromatic rings. The van der Waals surface area contributed by atoms with E-state index in [0.29, 0.717) is 30.1 Å². The second-order valence-electron chi connectivity index (χ2n) is 10.7. The first-order chi connectivity index (χ1) is 16.8. The number of fused-ring (bicyclic) bond motifs is 1. The molecular weight excluding hydrogens is 446 g/mol. The van der Waals surface area contributed by atoms with Gasteiger partial charge in [0.1, 0.15) is 11.3 Å². The molecule has 35 heavy (non-hydrogen) atoms. The Morgan fingerprint density at radius 2 is 1.89 bits per heavy atom. The van der Waals surface area contributed by atoms with Crippen LogP contribution in [0.2, 0.25) is 0 Å². The fourth-order valence-corrected chi connectivity index (χ4v) is 5.14. The van der Waals surface area contributed by atoms with Crippen molar-refractivity contribution in [2.75, 3.05) is 46.0 Å². The molecule has 3 heterocycles. The number of morpholine rings is 1. The number of amides is 2. The van der Waals surface area contributed by atoms with E-state index in [0.717, 1.165) is 39.1 Å². The minimum Gasteiger partial charge on any atom is -0.396 e. The quantitative estimate of drug-likeness (QED) is 0.500. The predicted octanol–water partition coefficient (Wildman–Crippen LogP) is 1.78. The first-order valence-electron chi connectivity index (χ1n) is 12.8. The highest BCUT2D eigenvalue weighted by atomic mass is 16.5. The second kappa shape index (κ2) is 11.1. The van der Waals surface area contributed by atoms with Crippen LogP contribution in [0.25, 0.3) is 5.65 Å². The van der Waals surface area contributed by atoms with Crippen LogP contribution in [0.3, 0.4) is 0 Å². The molecule has 0 radical (unpaired) electrons. The minimum absolute atomic E-state index is 0.00700. The third-order valence-corrected chi connectivity index (χ3v) is 7.35. The van der Waals surface area contributed by atoms with Gasteiger partial charge < -0.3 is 20.5 Å². The van der Waals surface area contributed by atoms with Crippen LogP contribution >= 0.6 is 0 Å². The van der Waals surface area contributed by atoms with E-state index in [1.165, 1.54) is 19.3 Å². The van der Waals surface area contributed by atoms with Crippen molar-refractivity contribution in [3.8, 4) is 0 Å². The zero-order valence-corrected chi connectivity index (χ0v) is 21.0. The summed E-state index contributed by atoms with van der Waals surface area (Å²) in [6.07, 6.45) is 7.69. The fraction of sp³-hybridized carbons (Fsp3) is 0.654. The third kappa shape index (κ3) is 6.20. The summed E-state index contributed by atoms with van der Waals surface area (Å²) < 4.78 is 7.33. The van der Waals surface area contributed by atoms with Crippen molar-refractivity contribution < 1.29 is 19.4 Å². The van der Waals surface area contributed by atoms with Crippen molar-refractivity contribution in [3.05, 3.63) is 35.8 Å². The smallest absolute Gasteiger partial charge is 0.268 e. The highest BCUT2D eigenvalue weighted by molar-refractivity contribution is 5.93. The van der Waals surface area contributed by atoms with Crippen LogP contribution in [0.5, 0.6) is 0 Å². The lowest BCUT2D eigenvalue weighted by atomic mass is 9.79. The maximum absolute atomic E-state index is 13.3. The lowest BCUT2D eigenvalue weighted by Gasteiger charge is -2.48. The molecular formula is C26H39N5O4. The largest absolute Gasteiger partial charge is 0.396 e. The van der Waals surface area contributed by atoms with Gasteiger partial charge in [0.15, 0.2) is 0 Å². The van der Waals surface area contributed by atoms with Gasteiger partial charge in [-0.25, -0.2) is 4.98 Å². The monoisotopic (exact) mass is 485 g/mol. The number of aliphatic hydroxyl groups excluding tert-OH is 1. The standard InChI is InChI=1S/C26H39N5O4/c1-25(2,19-32)17-27-23(33)15-20-16-31-21(7-6-8-22(31)29-20)24(34)28-18-26(9-4-3-5-10-26)30-11-13-35-14-12-30/h6-8,16,32H,3-5,9-15,17-19H2,1-2H3,(H,27,33)(H,28,34). The maximum atomic E-state index is 13.3. The Morgan fingerprint density at radius 3 is 2.60 bits per heavy atom. The van der Waals surface area contributed by atoms with Crippen molar-refractivity contribution in [1.29, 1.82) is 0 Å². The van der Waals surface area contributed by atoms with Crippen molar-refractivity contribution >= 4 is 17.5 Å². The zero-order chi connectivity index (χ0) is 24.9. The van der Waals surface area contributed by atoms with Crippen LogP contribution in [0.4, 0.5) is 0 Å². The van der Waals surface area contributed by atoms with E-state index in [1.54, 1.807) is 16.7 Å². The number of rotatable bonds is 9. The van der Waals surface area contributed by atoms with Crippen LogP contribution < -0.4 is 10.6 Å². The number of imidazole rings is 1. The van der Waals surface area contributed by atoms with Crippen molar-refractivity contribution in [2.24, 2.45) is 5.41 Å². The topological polar surface area (TPSA) is 108 Å². The Bertz CT molecular complexity index is 1020. The molecule has 1 saturated heterocycles. The number of aromatic nitrogens is 2. The summed E-state index contributed by atoms with van der Waals surface area (Å²) in [6.45, 7) is 8.09. The number of aliphatic hydroxyl groups is 1. The molecule has 0 spiro atoms. The molecule has 9 heteroatoms. The van der Waals surface area contributed by atoms with E-state index in [1.807, 2.05) is 26.0 Å². The van der Waals surface area contributed by atoms with Crippen LogP contribution in [0.15, 0.2) is 24.4 Å². The first kappa shape index (κ1) is 25.6. The van der Waals surface area contributed by atoms with Gasteiger partial charge in [-0.2, -0.15) is 0 Å². The number of hydrogen-bond acceptors (Lipinski definition) is 6. The Morgan fingerprint density at radius 1 is 1.14 bits per heavy atom. The number of pyridine rings is 1. The van der Waals surface area contributed by atoms with Crippen LogP contribution in [0, 0.1) is 5.41 Å². The molecule has 2 fully saturated rings. The average Bonchev–Trinajstić information content (AvgIpc) is 3.29. The van der Waals surface area contributed by atoms with Gasteiger partial charge in [0.05, 0.1) is 25.3 Å². The number of nitrogens with one attached hydrogen (secondary N) is 2. The summed E-state index contributed by atoms with van der Waals surface area (Å²) in [4.78, 5) is 32.8. The Balaban J connectivity index is 1.44. The Labute approximate surface area is 207 Å². The van der Waals surface area contributed by atoms with Gasteiger partial charge in [0.25, 0.3) is 5.91 Å². The number of hydrogen-bond donors (Lipinski definition) is 3. The normalized spacial score (nSPS) is 18.9. The van der Waals surface area contributed by atoms with Gasteiger partial charge in [0.2, 0.25) is 5.91 Å². The minimum atomic E-state index is -0.378. The summed E-state index contributed by atoms with van der Waals surface area (Å²) in [7, 11) is 0. The van der Waals surface area contributed by atoms with Gasteiger partial charge in [-0.15, -0.1) is 0 Å². The summed E-state index contributed by atoms with van der Waals surface area (Å²) in [5.74, 6) is -0.294. The summed E-state index contributed by atoms with van der Waals surface area (Å²) >= 11 is 0. The van der Waals surface area contributed by atoms with Crippen LogP contribution in [0.1, 0.15) is 62.1 Å². The molecule has 1 saturated carbocycles. The maximum Gasteiger partial charge on any atom is 0.268 e. The molecule has 0 unspecified atom stereocenters. The fourth-order valence-electron chi connectivity index (χ4n) is 5.14. The van der Waals surface area contributed by atoms with Crippen LogP contribution in [-0.4, -0.2) is 82.7 Å². The zero-order valence-electron chi connectivity index (χ0n) is 21.0. The van der Waals surface area contributed by atoms with Gasteiger partial charge in [-0.05, 0) is 25.0 Å². The Hall–Kier alpha value is -2.49. The summed E-state index contributed by atoms with van der Waals surface area (Å²) in [5.41, 5.74) is 1.36. The van der Waals surface area contributed by atoms with Gasteiger partial charge in [-0.3, -0.25) is 18.9 Å². The molecule has 1 aliphatic heterocycles. The van der Waals surface area contributed by atoms with Gasteiger partial charge >= 0.3 is 0 Å². The Kier molecular flexibility index (Phi) is 8.09. The number of nitrogens with zero attached hydrogens (tertiary/aromatic N) is 3. The second-order valence-corrected chi connectivity index (χ2v) is 10.7. The first-order valence-corrected chi connectivity index (χ1v) is 12.8. The van der Waals surface area contributed by atoms with Crippen LogP contribution in [-0.2, 0) is 16.0 Å². The molecule has 2 aromatic heterocycles. The molecule has 2 amide bonds. The molecule has 1 aliphatic carbocycles. The van der Waals surface area contributed by atoms with Gasteiger partial charge in [-0.1, -0.05) is 39.2 Å². The molecule has 4 rings (SSSR count). The van der Waals surface area contributed by atoms with E-state index in [2.05, 4.69) is 20.5 Å². The van der Waals surface area contributed by atoms with E-state index in [4.69, 9.17) is 4.74 Å². The lowest BCUT2D eigenvalue weighted by Crippen LogP contribution is -2.59. The van der Waals surface area contributed by atoms with E-state index < -0.39 is 0 Å². The molecule has 2 aliphatic rings. The lowest BCUT2D eigenvalue weighted by molar-refractivity contribution is -0.121. The summed E-state index contributed by atoms with van der Waals surface area (Å²) in [5, 5.41) is 15.5. The van der Waals surface area contributed by atoms with Crippen molar-refractivity contribution in [2.45, 2.75) is 57.9 Å². The number of carbonyl (C=O) groups excluding carboxylic acids is 2. The molecule has 0 bridgehead atoms. The summed E-state index contributed by atoms with van der Waals surface area (Å²) in [6, 6.07) is 5.45. The molecule has 3 N–H and O–H groups in total. The number of ether oxygens (including phenoxy) is 1. The molecule has 192 valence electrons. The van der Waals surface area contributed by atoms with E-state index in [9.17, 15) is 14.7 Å². The average molecular weight is 486 g/mol. The van der Waals surface area contributed by atoms with Crippen molar-refractivity contribution in [3.63, 3.8) is 0 Å². The molecule has 9 nitrogen and oxygen atoms in total. The highest BCUT2D eigenvalue weighted by Gasteiger charge is 2.39. The van der Waals surface area contributed by atoms with Gasteiger partial charge in [0, 0.05) is 49.9 Å². The van der Waals surface area contributed by atoms with E-state index in [-0.39, 0.29) is 35.8 Å². The highest BCUT2D eigenvalue weighted by Crippen LogP contribution is 2.34. The van der Waals surface area contributed by atoms with Crippen molar-refractivity contribution in [1.82, 2.24) is 24.9 Å².